The van der Waals surface area contributed by atoms with Gasteiger partial charge in [0.05, 0.1) is 27.0 Å². The Kier molecular flexibility index (Phi) is 3.91. The van der Waals surface area contributed by atoms with E-state index in [0.717, 1.165) is 70.5 Å². The van der Waals surface area contributed by atoms with Crippen LogP contribution in [0.1, 0.15) is 5.56 Å². The van der Waals surface area contributed by atoms with Gasteiger partial charge in [-0.05, 0) is 77.9 Å². The van der Waals surface area contributed by atoms with Gasteiger partial charge in [0.1, 0.15) is 22.5 Å². The molecule has 3 N–H and O–H groups in total. The fourth-order valence-corrected chi connectivity index (χ4v) is 9.08. The van der Waals surface area contributed by atoms with Crippen LogP contribution in [0.15, 0.2) is 91.7 Å². The smallest absolute Gasteiger partial charge is 0.294 e. The Balaban J connectivity index is 1.34. The van der Waals surface area contributed by atoms with Crippen LogP contribution >= 0.6 is 0 Å². The summed E-state index contributed by atoms with van der Waals surface area (Å²) in [7, 11) is -4.49. The Labute approximate surface area is 265 Å². The summed E-state index contributed by atoms with van der Waals surface area (Å²) in [6, 6.07) is 21.8. The van der Waals surface area contributed by atoms with Gasteiger partial charge in [0.25, 0.3) is 21.2 Å². The van der Waals surface area contributed by atoms with Gasteiger partial charge >= 0.3 is 0 Å². The third-order valence-electron chi connectivity index (χ3n) is 10.5. The summed E-state index contributed by atoms with van der Waals surface area (Å²) in [6.07, 6.45) is 0. The number of imidazole rings is 2. The number of aryl methyl sites for hydroxylation is 1. The van der Waals surface area contributed by atoms with Gasteiger partial charge in [0.2, 0.25) is 0 Å². The number of furan rings is 1. The second-order valence-corrected chi connectivity index (χ2v) is 14.3. The van der Waals surface area contributed by atoms with E-state index in [1.54, 1.807) is 10.5 Å². The molecule has 12 aromatic rings. The SMILES string of the molecule is Cc1ccc2[nH]c3c4cc5oc6cc7c8c(ccc9c%10ccc(c(=O)n3c2c1)c4c%10c5c6c98)c(=O)n1c2cc(S(=O)(=O)O)ccc2[nH]c71. The molecule has 0 amide bonds. The normalized spacial score (nSPS) is 13.5. The van der Waals surface area contributed by atoms with Crippen molar-refractivity contribution in [3.05, 3.63) is 99.1 Å². The summed E-state index contributed by atoms with van der Waals surface area (Å²) in [4.78, 5) is 35.0. The van der Waals surface area contributed by atoms with Crippen molar-refractivity contribution in [2.24, 2.45) is 0 Å². The number of aromatic amines is 2. The van der Waals surface area contributed by atoms with Gasteiger partial charge in [-0.2, -0.15) is 8.42 Å². The van der Waals surface area contributed by atoms with Crippen LogP contribution < -0.4 is 11.1 Å². The van der Waals surface area contributed by atoms with E-state index in [1.807, 2.05) is 61.5 Å². The molecule has 0 saturated carbocycles. The minimum Gasteiger partial charge on any atom is -0.456 e. The van der Waals surface area contributed by atoms with Gasteiger partial charge in [-0.3, -0.25) is 22.9 Å². The summed E-state index contributed by atoms with van der Waals surface area (Å²) in [6.45, 7) is 2.01. The molecule has 0 spiro atoms. The van der Waals surface area contributed by atoms with Crippen LogP contribution in [-0.2, 0) is 10.1 Å². The minimum absolute atomic E-state index is 0.0952. The van der Waals surface area contributed by atoms with Crippen molar-refractivity contribution < 1.29 is 17.4 Å². The second kappa shape index (κ2) is 7.52. The van der Waals surface area contributed by atoms with Crippen LogP contribution in [0.5, 0.6) is 0 Å². The lowest BCUT2D eigenvalue weighted by atomic mass is 9.86. The van der Waals surface area contributed by atoms with Crippen LogP contribution in [0.25, 0.3) is 109 Å². The molecule has 48 heavy (non-hydrogen) atoms. The van der Waals surface area contributed by atoms with Crippen molar-refractivity contribution in [2.45, 2.75) is 11.8 Å². The first-order valence-electron chi connectivity index (χ1n) is 15.3. The molecule has 0 atom stereocenters. The van der Waals surface area contributed by atoms with E-state index in [4.69, 9.17) is 4.42 Å². The maximum Gasteiger partial charge on any atom is 0.294 e. The first-order valence-corrected chi connectivity index (χ1v) is 16.8. The molecule has 7 aromatic carbocycles. The average molecular weight is 647 g/mol. The molecular weight excluding hydrogens is 628 g/mol. The zero-order chi connectivity index (χ0) is 32.1. The topological polar surface area (TPSA) is 142 Å². The zero-order valence-corrected chi connectivity index (χ0v) is 25.5. The highest BCUT2D eigenvalue weighted by molar-refractivity contribution is 7.85. The number of hydrogen-bond donors (Lipinski definition) is 3. The molecule has 0 unspecified atom stereocenters. The van der Waals surface area contributed by atoms with Crippen LogP contribution in [0, 0.1) is 6.92 Å². The average Bonchev–Trinajstić information content (AvgIpc) is 3.76. The first kappa shape index (κ1) is 25.0. The molecule has 12 rings (SSSR count). The third kappa shape index (κ3) is 2.61. The lowest BCUT2D eigenvalue weighted by Crippen LogP contribution is -2.14. The largest absolute Gasteiger partial charge is 0.456 e. The van der Waals surface area contributed by atoms with Crippen molar-refractivity contribution in [2.75, 3.05) is 0 Å². The molecule has 0 fully saturated rings. The van der Waals surface area contributed by atoms with Gasteiger partial charge in [0, 0.05) is 53.9 Å². The van der Waals surface area contributed by atoms with Crippen molar-refractivity contribution in [3.8, 4) is 0 Å². The third-order valence-corrected chi connectivity index (χ3v) is 11.3. The van der Waals surface area contributed by atoms with Crippen LogP contribution in [0.3, 0.4) is 0 Å². The maximum atomic E-state index is 14.2. The van der Waals surface area contributed by atoms with Crippen molar-refractivity contribution >= 4 is 119 Å². The second-order valence-electron chi connectivity index (χ2n) is 12.9. The fourth-order valence-electron chi connectivity index (χ4n) is 8.58. The van der Waals surface area contributed by atoms with E-state index in [0.29, 0.717) is 44.3 Å². The van der Waals surface area contributed by atoms with E-state index >= 15 is 0 Å². The Morgan fingerprint density at radius 2 is 1.08 bits per heavy atom. The van der Waals surface area contributed by atoms with Crippen molar-refractivity contribution in [3.63, 3.8) is 0 Å². The van der Waals surface area contributed by atoms with Crippen LogP contribution in [-0.4, -0.2) is 31.7 Å². The Morgan fingerprint density at radius 3 is 1.62 bits per heavy atom. The number of benzene rings is 7. The monoisotopic (exact) mass is 646 g/mol. The van der Waals surface area contributed by atoms with Gasteiger partial charge in [-0.15, -0.1) is 0 Å². The van der Waals surface area contributed by atoms with Crippen molar-refractivity contribution in [1.29, 1.82) is 0 Å². The van der Waals surface area contributed by atoms with E-state index < -0.39 is 10.1 Å². The number of aromatic nitrogens is 4. The number of rotatable bonds is 1. The molecule has 0 aliphatic rings. The molecule has 10 nitrogen and oxygen atoms in total. The van der Waals surface area contributed by atoms with Gasteiger partial charge in [-0.1, -0.05) is 18.2 Å². The Morgan fingerprint density at radius 1 is 0.583 bits per heavy atom. The summed E-state index contributed by atoms with van der Waals surface area (Å²) in [5.74, 6) is 0. The van der Waals surface area contributed by atoms with Gasteiger partial charge < -0.3 is 14.4 Å². The zero-order valence-electron chi connectivity index (χ0n) is 24.7. The highest BCUT2D eigenvalue weighted by Crippen LogP contribution is 2.50. The summed E-state index contributed by atoms with van der Waals surface area (Å²) >= 11 is 0. The number of nitrogens with zero attached hydrogens (tertiary/aromatic N) is 2. The molecule has 0 aliphatic carbocycles. The number of fused-ring (bicyclic) bond motifs is 9. The first-order chi connectivity index (χ1) is 23.2. The Bertz CT molecular complexity index is 3710. The number of nitrogens with one attached hydrogen (secondary N) is 2. The summed E-state index contributed by atoms with van der Waals surface area (Å²) < 4.78 is 43.6. The fraction of sp³-hybridized carbons (Fsp3) is 0.0270. The predicted octanol–water partition coefficient (Wildman–Crippen LogP) is 7.41. The molecule has 0 aliphatic heterocycles. The number of H-pyrrole nitrogens is 2. The maximum absolute atomic E-state index is 14.2. The van der Waals surface area contributed by atoms with Gasteiger partial charge in [-0.25, -0.2) is 0 Å². The molecule has 0 saturated heterocycles. The highest BCUT2D eigenvalue weighted by atomic mass is 32.2. The van der Waals surface area contributed by atoms with E-state index in [9.17, 15) is 22.6 Å². The molecule has 0 bridgehead atoms. The molecule has 5 heterocycles. The van der Waals surface area contributed by atoms with Gasteiger partial charge in [0.15, 0.2) is 0 Å². The standard InChI is InChI=1S/C37H18N4O6S/c1-14-2-8-22-24(10-14)40-34(38-22)20-12-26-32-30-16(4-6-18(28(20)30)36(40)42)17-5-7-19-29-21(13-27(47-26)33(32)31(17)29)35-39-23-9-3-15(48(44,45)46)11-25(23)41(35)37(19)43/h2-13,38-39H,1H3,(H,44,45,46). The number of pyridine rings is 2. The molecule has 11 heteroatoms. The molecular formula is C37H18N4O6S. The highest BCUT2D eigenvalue weighted by Gasteiger charge is 2.28. The quantitative estimate of drug-likeness (QED) is 0.0963. The van der Waals surface area contributed by atoms with Crippen molar-refractivity contribution in [1.82, 2.24) is 18.8 Å². The molecule has 228 valence electrons. The minimum atomic E-state index is -4.49. The molecule has 5 aromatic heterocycles. The predicted molar refractivity (Wildman–Crippen MR) is 188 cm³/mol. The lowest BCUT2D eigenvalue weighted by Gasteiger charge is -2.16. The van der Waals surface area contributed by atoms with E-state index in [-0.39, 0.29) is 16.0 Å². The lowest BCUT2D eigenvalue weighted by molar-refractivity contribution is 0.483. The van der Waals surface area contributed by atoms with Crippen LogP contribution in [0.4, 0.5) is 0 Å². The summed E-state index contributed by atoms with van der Waals surface area (Å²) in [5.41, 5.74) is 5.68. The van der Waals surface area contributed by atoms with E-state index in [1.165, 1.54) is 16.5 Å². The molecule has 0 radical (unpaired) electrons. The Hall–Kier alpha value is -6.17. The van der Waals surface area contributed by atoms with Crippen LogP contribution in [0.2, 0.25) is 0 Å². The summed E-state index contributed by atoms with van der Waals surface area (Å²) in [5, 5.41) is 9.86. The number of hydrogen-bond acceptors (Lipinski definition) is 5. The van der Waals surface area contributed by atoms with E-state index in [2.05, 4.69) is 9.97 Å².